The molecule has 1 heterocycles. The molecule has 0 aliphatic carbocycles. The van der Waals surface area contributed by atoms with E-state index in [1.165, 1.54) is 11.8 Å². The van der Waals surface area contributed by atoms with Crippen molar-refractivity contribution in [3.8, 4) is 11.5 Å². The zero-order valence-corrected chi connectivity index (χ0v) is 17.5. The van der Waals surface area contributed by atoms with E-state index in [9.17, 15) is 9.18 Å². The Morgan fingerprint density at radius 1 is 1.21 bits per heavy atom. The molecule has 0 atom stereocenters. The summed E-state index contributed by atoms with van der Waals surface area (Å²) in [5, 5.41) is 5.91. The van der Waals surface area contributed by atoms with Crippen molar-refractivity contribution in [1.29, 1.82) is 0 Å². The number of nitrogens with one attached hydrogen (secondary N) is 2. The molecule has 1 aliphatic rings. The van der Waals surface area contributed by atoms with Gasteiger partial charge in [-0.05, 0) is 48.4 Å². The van der Waals surface area contributed by atoms with Crippen LogP contribution in [0.3, 0.4) is 0 Å². The molecule has 0 unspecified atom stereocenters. The Morgan fingerprint density at radius 3 is 2.75 bits per heavy atom. The van der Waals surface area contributed by atoms with Crippen LogP contribution in [0.2, 0.25) is 0 Å². The van der Waals surface area contributed by atoms with Gasteiger partial charge in [-0.3, -0.25) is 4.79 Å². The molecule has 0 saturated heterocycles. The first kappa shape index (κ1) is 22.3. The number of carbonyl (C=O) groups excluding carboxylic acids is 1. The molecule has 0 spiro atoms. The summed E-state index contributed by atoms with van der Waals surface area (Å²) in [6, 6.07) is 9.14. The highest BCUT2D eigenvalue weighted by atomic mass is 35.5. The molecule has 0 bridgehead atoms. The molecular formula is C20H24ClFN2O3S. The van der Waals surface area contributed by atoms with Gasteiger partial charge in [-0.2, -0.15) is 0 Å². The van der Waals surface area contributed by atoms with Gasteiger partial charge in [0.1, 0.15) is 5.82 Å². The van der Waals surface area contributed by atoms with Crippen LogP contribution in [0.15, 0.2) is 35.2 Å². The number of hydrogen-bond acceptors (Lipinski definition) is 5. The van der Waals surface area contributed by atoms with Gasteiger partial charge in [-0.1, -0.05) is 6.07 Å². The minimum atomic E-state index is -0.310. The first-order chi connectivity index (χ1) is 13.1. The van der Waals surface area contributed by atoms with E-state index in [0.717, 1.165) is 17.0 Å². The normalized spacial score (nSPS) is 12.5. The van der Waals surface area contributed by atoms with E-state index in [0.29, 0.717) is 35.8 Å². The van der Waals surface area contributed by atoms with Crippen molar-refractivity contribution in [3.63, 3.8) is 0 Å². The van der Waals surface area contributed by atoms with E-state index in [-0.39, 0.29) is 36.2 Å². The number of fused-ring (bicyclic) bond motifs is 1. The maximum atomic E-state index is 14.6. The van der Waals surface area contributed by atoms with Crippen LogP contribution in [0.4, 0.5) is 10.1 Å². The second-order valence-corrected chi connectivity index (χ2v) is 7.32. The van der Waals surface area contributed by atoms with Gasteiger partial charge in [-0.25, -0.2) is 4.39 Å². The fourth-order valence-electron chi connectivity index (χ4n) is 3.01. The van der Waals surface area contributed by atoms with Crippen LogP contribution in [0.5, 0.6) is 11.5 Å². The predicted molar refractivity (Wildman–Crippen MR) is 113 cm³/mol. The summed E-state index contributed by atoms with van der Waals surface area (Å²) in [6.07, 6.45) is 0.928. The molecule has 152 valence electrons. The molecule has 2 aromatic carbocycles. The quantitative estimate of drug-likeness (QED) is 0.654. The monoisotopic (exact) mass is 426 g/mol. The van der Waals surface area contributed by atoms with Gasteiger partial charge in [0.05, 0.1) is 19.9 Å². The third-order valence-electron chi connectivity index (χ3n) is 4.43. The van der Waals surface area contributed by atoms with Crippen molar-refractivity contribution >= 4 is 35.8 Å². The molecule has 1 aliphatic heterocycles. The van der Waals surface area contributed by atoms with Crippen LogP contribution in [0, 0.1) is 5.82 Å². The summed E-state index contributed by atoms with van der Waals surface area (Å²) in [4.78, 5) is 13.2. The van der Waals surface area contributed by atoms with Crippen molar-refractivity contribution in [2.24, 2.45) is 0 Å². The number of ether oxygens (including phenoxy) is 2. The highest BCUT2D eigenvalue weighted by Gasteiger charge is 2.17. The van der Waals surface area contributed by atoms with Crippen molar-refractivity contribution in [2.45, 2.75) is 24.3 Å². The van der Waals surface area contributed by atoms with Crippen molar-refractivity contribution < 1.29 is 18.7 Å². The number of carbonyl (C=O) groups is 1. The first-order valence-corrected chi connectivity index (χ1v) is 9.76. The molecule has 8 heteroatoms. The average molecular weight is 427 g/mol. The zero-order chi connectivity index (χ0) is 19.2. The average Bonchev–Trinajstić information content (AvgIpc) is 2.70. The smallest absolute Gasteiger partial charge is 0.225 e. The lowest BCUT2D eigenvalue weighted by Crippen LogP contribution is -2.25. The topological polar surface area (TPSA) is 59.6 Å². The summed E-state index contributed by atoms with van der Waals surface area (Å²) in [6.45, 7) is 1.42. The third-order valence-corrected chi connectivity index (χ3v) is 5.43. The lowest BCUT2D eigenvalue weighted by molar-refractivity contribution is -0.115. The predicted octanol–water partition coefficient (Wildman–Crippen LogP) is 4.03. The molecule has 2 N–H and O–H groups in total. The Labute approximate surface area is 174 Å². The fourth-order valence-corrected chi connectivity index (χ4v) is 3.89. The maximum Gasteiger partial charge on any atom is 0.225 e. The molecule has 3 rings (SSSR count). The maximum absolute atomic E-state index is 14.6. The summed E-state index contributed by atoms with van der Waals surface area (Å²) in [5.74, 6) is 1.39. The van der Waals surface area contributed by atoms with Crippen LogP contribution < -0.4 is 20.1 Å². The van der Waals surface area contributed by atoms with Crippen LogP contribution in [-0.4, -0.2) is 32.4 Å². The number of anilines is 1. The fraction of sp³-hybridized carbons (Fsp3) is 0.350. The highest BCUT2D eigenvalue weighted by molar-refractivity contribution is 7.99. The minimum Gasteiger partial charge on any atom is -0.493 e. The molecule has 5 nitrogen and oxygen atoms in total. The van der Waals surface area contributed by atoms with Crippen LogP contribution >= 0.6 is 24.2 Å². The third kappa shape index (κ3) is 5.31. The Hall–Kier alpha value is -1.96. The molecule has 2 aromatic rings. The second kappa shape index (κ2) is 10.5. The van der Waals surface area contributed by atoms with E-state index in [1.54, 1.807) is 20.3 Å². The van der Waals surface area contributed by atoms with E-state index in [1.807, 2.05) is 24.3 Å². The SMILES string of the molecule is COc1ccc(SCCC(=O)Nc2ccc3c(c2F)CCNC3)cc1OC.Cl. The zero-order valence-electron chi connectivity index (χ0n) is 15.8. The first-order valence-electron chi connectivity index (χ1n) is 8.78. The van der Waals surface area contributed by atoms with Crippen molar-refractivity contribution in [3.05, 3.63) is 47.3 Å². The van der Waals surface area contributed by atoms with E-state index < -0.39 is 0 Å². The van der Waals surface area contributed by atoms with Crippen LogP contribution in [-0.2, 0) is 17.8 Å². The summed E-state index contributed by atoms with van der Waals surface area (Å²) >= 11 is 1.54. The van der Waals surface area contributed by atoms with E-state index in [2.05, 4.69) is 10.6 Å². The molecule has 0 saturated carbocycles. The van der Waals surface area contributed by atoms with Crippen molar-refractivity contribution in [1.82, 2.24) is 5.32 Å². The number of thioether (sulfide) groups is 1. The van der Waals surface area contributed by atoms with Gasteiger partial charge < -0.3 is 20.1 Å². The van der Waals surface area contributed by atoms with Crippen LogP contribution in [0.25, 0.3) is 0 Å². The largest absolute Gasteiger partial charge is 0.493 e. The highest BCUT2D eigenvalue weighted by Crippen LogP contribution is 2.32. The van der Waals surface area contributed by atoms with Gasteiger partial charge in [0.2, 0.25) is 5.91 Å². The lowest BCUT2D eigenvalue weighted by atomic mass is 9.99. The molecule has 0 radical (unpaired) electrons. The lowest BCUT2D eigenvalue weighted by Gasteiger charge is -2.19. The summed E-state index contributed by atoms with van der Waals surface area (Å²) in [5.41, 5.74) is 1.92. The standard InChI is InChI=1S/C20H23FN2O3S.ClH/c1-25-17-6-4-14(11-18(17)26-2)27-10-8-19(24)23-16-5-3-13-12-22-9-7-15(13)20(16)21;/h3-6,11,22H,7-10,12H2,1-2H3,(H,23,24);1H. The molecule has 0 fully saturated rings. The molecule has 1 amide bonds. The number of benzene rings is 2. The summed E-state index contributed by atoms with van der Waals surface area (Å²) < 4.78 is 25.1. The number of amides is 1. The van der Waals surface area contributed by atoms with Gasteiger partial charge in [-0.15, -0.1) is 24.2 Å². The van der Waals surface area contributed by atoms with Crippen LogP contribution in [0.1, 0.15) is 17.5 Å². The van der Waals surface area contributed by atoms with E-state index >= 15 is 0 Å². The Morgan fingerprint density at radius 2 is 2.00 bits per heavy atom. The number of halogens is 2. The number of hydrogen-bond donors (Lipinski definition) is 2. The Kier molecular flexibility index (Phi) is 8.41. The van der Waals surface area contributed by atoms with Gasteiger partial charge in [0.15, 0.2) is 11.5 Å². The molecule has 28 heavy (non-hydrogen) atoms. The molecule has 0 aromatic heterocycles. The van der Waals surface area contributed by atoms with Gasteiger partial charge in [0.25, 0.3) is 0 Å². The number of rotatable bonds is 7. The minimum absolute atomic E-state index is 0. The Bertz CT molecular complexity index is 835. The van der Waals surface area contributed by atoms with Gasteiger partial charge >= 0.3 is 0 Å². The van der Waals surface area contributed by atoms with Crippen molar-refractivity contribution in [2.75, 3.05) is 31.8 Å². The van der Waals surface area contributed by atoms with E-state index in [4.69, 9.17) is 9.47 Å². The Balaban J connectivity index is 0.00000280. The molecular weight excluding hydrogens is 403 g/mol. The second-order valence-electron chi connectivity index (χ2n) is 6.15. The van der Waals surface area contributed by atoms with Gasteiger partial charge in [0, 0.05) is 23.6 Å². The number of methoxy groups -OCH3 is 2. The summed E-state index contributed by atoms with van der Waals surface area (Å²) in [7, 11) is 3.17.